The number of nitrogens with one attached hydrogen (secondary N) is 2. The maximum atomic E-state index is 11.9. The Balaban J connectivity index is 0.00000264. The molecule has 1 amide bonds. The molecule has 1 aliphatic carbocycles. The third kappa shape index (κ3) is 6.31. The highest BCUT2D eigenvalue weighted by Crippen LogP contribution is 2.18. The van der Waals surface area contributed by atoms with Crippen LogP contribution in [0.5, 0.6) is 0 Å². The summed E-state index contributed by atoms with van der Waals surface area (Å²) in [4.78, 5) is 18.6. The van der Waals surface area contributed by atoms with Gasteiger partial charge in [-0.25, -0.2) is 0 Å². The van der Waals surface area contributed by atoms with Crippen LogP contribution in [0.1, 0.15) is 52.4 Å². The van der Waals surface area contributed by atoms with E-state index >= 15 is 0 Å². The quantitative estimate of drug-likeness (QED) is 0.281. The van der Waals surface area contributed by atoms with Gasteiger partial charge in [0.1, 0.15) is 0 Å². The monoisotopic (exact) mass is 434 g/mol. The second kappa shape index (κ2) is 10.9. The number of nitrogens with zero attached hydrogens (tertiary/aromatic N) is 2. The van der Waals surface area contributed by atoms with Crippen molar-refractivity contribution in [2.75, 3.05) is 19.6 Å². The highest BCUT2D eigenvalue weighted by molar-refractivity contribution is 14.0. The van der Waals surface area contributed by atoms with Crippen molar-refractivity contribution in [3.63, 3.8) is 0 Å². The van der Waals surface area contributed by atoms with Gasteiger partial charge in [-0.1, -0.05) is 19.1 Å². The third-order valence-electron chi connectivity index (χ3n) is 4.45. The van der Waals surface area contributed by atoms with E-state index in [0.717, 1.165) is 64.1 Å². The minimum absolute atomic E-state index is 0. The Bertz CT molecular complexity index is 417. The second-order valence-corrected chi connectivity index (χ2v) is 6.09. The number of halogens is 1. The first-order valence-corrected chi connectivity index (χ1v) is 8.73. The molecule has 2 N–H and O–H groups in total. The van der Waals surface area contributed by atoms with E-state index in [2.05, 4.69) is 46.5 Å². The van der Waals surface area contributed by atoms with Crippen LogP contribution in [0.3, 0.4) is 0 Å². The molecule has 6 heteroatoms. The lowest BCUT2D eigenvalue weighted by molar-refractivity contribution is -0.129. The van der Waals surface area contributed by atoms with E-state index in [0.29, 0.717) is 18.0 Å². The van der Waals surface area contributed by atoms with Gasteiger partial charge in [0.25, 0.3) is 0 Å². The predicted molar refractivity (Wildman–Crippen MR) is 106 cm³/mol. The molecule has 0 bridgehead atoms. The highest BCUT2D eigenvalue weighted by atomic mass is 127. The molecular formula is C17H31IN4O. The topological polar surface area (TPSA) is 56.7 Å². The van der Waals surface area contributed by atoms with E-state index in [4.69, 9.17) is 0 Å². The van der Waals surface area contributed by atoms with Crippen LogP contribution >= 0.6 is 24.0 Å². The van der Waals surface area contributed by atoms with Crippen molar-refractivity contribution < 1.29 is 4.79 Å². The molecule has 23 heavy (non-hydrogen) atoms. The van der Waals surface area contributed by atoms with Crippen molar-refractivity contribution in [2.24, 2.45) is 4.99 Å². The Labute approximate surface area is 157 Å². The summed E-state index contributed by atoms with van der Waals surface area (Å²) in [7, 11) is 0. The van der Waals surface area contributed by atoms with Crippen LogP contribution in [0.15, 0.2) is 17.1 Å². The maximum Gasteiger partial charge on any atom is 0.222 e. The van der Waals surface area contributed by atoms with Gasteiger partial charge in [0, 0.05) is 38.1 Å². The molecule has 1 heterocycles. The van der Waals surface area contributed by atoms with Crippen LogP contribution in [0.2, 0.25) is 0 Å². The van der Waals surface area contributed by atoms with Crippen LogP contribution in [0, 0.1) is 0 Å². The summed E-state index contributed by atoms with van der Waals surface area (Å²) in [5.74, 6) is 1.22. The zero-order valence-electron chi connectivity index (χ0n) is 14.4. The number of carbonyl (C=O) groups excluding carboxylic acids is 1. The fourth-order valence-electron chi connectivity index (χ4n) is 3.21. The van der Waals surface area contributed by atoms with Gasteiger partial charge in [-0.05, 0) is 39.0 Å². The smallest absolute Gasteiger partial charge is 0.222 e. The first-order valence-electron chi connectivity index (χ1n) is 8.73. The summed E-state index contributed by atoms with van der Waals surface area (Å²) in [6.07, 6.45) is 10.3. The SMILES string of the molecule is CCNC(=NCCC(CC)N1CCCC1=O)NC1CC=CC1.I. The fourth-order valence-corrected chi connectivity index (χ4v) is 3.21. The molecule has 0 aromatic rings. The molecule has 1 saturated heterocycles. The summed E-state index contributed by atoms with van der Waals surface area (Å²) < 4.78 is 0. The first-order chi connectivity index (χ1) is 10.7. The Kier molecular flexibility index (Phi) is 9.59. The maximum absolute atomic E-state index is 11.9. The summed E-state index contributed by atoms with van der Waals surface area (Å²) in [5, 5.41) is 6.79. The van der Waals surface area contributed by atoms with E-state index < -0.39 is 0 Å². The minimum Gasteiger partial charge on any atom is -0.357 e. The summed E-state index contributed by atoms with van der Waals surface area (Å²) >= 11 is 0. The molecule has 5 nitrogen and oxygen atoms in total. The van der Waals surface area contributed by atoms with E-state index in [1.165, 1.54) is 0 Å². The molecule has 0 aromatic carbocycles. The van der Waals surface area contributed by atoms with Crippen LogP contribution in [0.4, 0.5) is 0 Å². The Morgan fingerprint density at radius 2 is 2.13 bits per heavy atom. The zero-order chi connectivity index (χ0) is 15.8. The lowest BCUT2D eigenvalue weighted by atomic mass is 10.1. The van der Waals surface area contributed by atoms with Gasteiger partial charge >= 0.3 is 0 Å². The molecule has 2 aliphatic rings. The van der Waals surface area contributed by atoms with Crippen LogP contribution < -0.4 is 10.6 Å². The van der Waals surface area contributed by atoms with Crippen LogP contribution in [-0.2, 0) is 4.79 Å². The zero-order valence-corrected chi connectivity index (χ0v) is 16.7. The molecule has 1 fully saturated rings. The van der Waals surface area contributed by atoms with Gasteiger partial charge in [0.05, 0.1) is 0 Å². The molecule has 0 spiro atoms. The van der Waals surface area contributed by atoms with Crippen molar-refractivity contribution in [1.82, 2.24) is 15.5 Å². The van der Waals surface area contributed by atoms with E-state index in [-0.39, 0.29) is 24.0 Å². The third-order valence-corrected chi connectivity index (χ3v) is 4.45. The number of rotatable bonds is 7. The summed E-state index contributed by atoms with van der Waals surface area (Å²) in [5.41, 5.74) is 0. The van der Waals surface area contributed by atoms with Gasteiger partial charge in [0.2, 0.25) is 5.91 Å². The van der Waals surface area contributed by atoms with Gasteiger partial charge in [-0.2, -0.15) is 0 Å². The predicted octanol–water partition coefficient (Wildman–Crippen LogP) is 2.67. The van der Waals surface area contributed by atoms with Gasteiger partial charge < -0.3 is 15.5 Å². The summed E-state index contributed by atoms with van der Waals surface area (Å²) in [6.45, 7) is 6.80. The minimum atomic E-state index is 0. The molecule has 0 saturated carbocycles. The lowest BCUT2D eigenvalue weighted by Gasteiger charge is -2.26. The lowest BCUT2D eigenvalue weighted by Crippen LogP contribution is -2.43. The van der Waals surface area contributed by atoms with Crippen molar-refractivity contribution in [3.8, 4) is 0 Å². The van der Waals surface area contributed by atoms with E-state index in [1.807, 2.05) is 0 Å². The molecule has 132 valence electrons. The Morgan fingerprint density at radius 3 is 2.70 bits per heavy atom. The fraction of sp³-hybridized carbons (Fsp3) is 0.765. The number of guanidine groups is 1. The number of hydrogen-bond acceptors (Lipinski definition) is 2. The average Bonchev–Trinajstić information content (AvgIpc) is 3.16. The number of hydrogen-bond donors (Lipinski definition) is 2. The number of amides is 1. The van der Waals surface area contributed by atoms with Crippen molar-refractivity contribution >= 4 is 35.8 Å². The van der Waals surface area contributed by atoms with Gasteiger partial charge in [-0.15, -0.1) is 24.0 Å². The molecular weight excluding hydrogens is 403 g/mol. The van der Waals surface area contributed by atoms with Crippen molar-refractivity contribution in [3.05, 3.63) is 12.2 Å². The largest absolute Gasteiger partial charge is 0.357 e. The number of likely N-dealkylation sites (tertiary alicyclic amines) is 1. The molecule has 1 atom stereocenters. The number of carbonyl (C=O) groups is 1. The molecule has 0 aromatic heterocycles. The second-order valence-electron chi connectivity index (χ2n) is 6.09. The first kappa shape index (κ1) is 20.3. The number of aliphatic imine (C=N–C) groups is 1. The van der Waals surface area contributed by atoms with Gasteiger partial charge in [-0.3, -0.25) is 9.79 Å². The van der Waals surface area contributed by atoms with E-state index in [9.17, 15) is 4.79 Å². The normalized spacial score (nSPS) is 19.8. The van der Waals surface area contributed by atoms with Crippen LogP contribution in [-0.4, -0.2) is 48.5 Å². The van der Waals surface area contributed by atoms with Crippen molar-refractivity contribution in [1.29, 1.82) is 0 Å². The van der Waals surface area contributed by atoms with Crippen LogP contribution in [0.25, 0.3) is 0 Å². The molecule has 2 rings (SSSR count). The summed E-state index contributed by atoms with van der Waals surface area (Å²) in [6, 6.07) is 0.815. The molecule has 1 aliphatic heterocycles. The van der Waals surface area contributed by atoms with Gasteiger partial charge in [0.15, 0.2) is 5.96 Å². The average molecular weight is 434 g/mol. The standard InChI is InChI=1S/C17H30N4O.HI/c1-3-15(21-13-7-10-16(21)22)11-12-19-17(18-4-2)20-14-8-5-6-9-14;/h5-6,14-15H,3-4,7-13H2,1-2H3,(H2,18,19,20);1H. The van der Waals surface area contributed by atoms with Crippen molar-refractivity contribution in [2.45, 2.75) is 64.5 Å². The van der Waals surface area contributed by atoms with E-state index in [1.54, 1.807) is 0 Å². The Hall–Kier alpha value is -0.790. The molecule has 0 radical (unpaired) electrons. The molecule has 1 unspecified atom stereocenters. The highest BCUT2D eigenvalue weighted by Gasteiger charge is 2.26. The Morgan fingerprint density at radius 1 is 1.39 bits per heavy atom.